The van der Waals surface area contributed by atoms with Gasteiger partial charge in [-0.15, -0.1) is 0 Å². The normalized spacial score (nSPS) is 18.5. The van der Waals surface area contributed by atoms with E-state index in [1.54, 1.807) is 12.3 Å². The lowest BCUT2D eigenvalue weighted by molar-refractivity contribution is 0.440. The second-order valence-electron chi connectivity index (χ2n) is 4.48. The summed E-state index contributed by atoms with van der Waals surface area (Å²) in [5, 5.41) is 14.2. The standard InChI is InChI=1S/C14H14N2O2/c1-9-4-5-13(17)10(7-9)11-8-12(16-15-11)14-3-2-6-18-14/h2-7,12,16-17H,8H2,1H3. The van der Waals surface area contributed by atoms with Gasteiger partial charge in [-0.2, -0.15) is 5.10 Å². The first-order valence-corrected chi connectivity index (χ1v) is 5.89. The van der Waals surface area contributed by atoms with Crippen molar-refractivity contribution in [3.05, 3.63) is 53.5 Å². The molecule has 1 aromatic carbocycles. The Morgan fingerprint density at radius 3 is 3.06 bits per heavy atom. The van der Waals surface area contributed by atoms with Gasteiger partial charge in [-0.1, -0.05) is 11.6 Å². The van der Waals surface area contributed by atoms with Crippen LogP contribution in [0.3, 0.4) is 0 Å². The molecule has 3 rings (SSSR count). The molecule has 18 heavy (non-hydrogen) atoms. The predicted molar refractivity (Wildman–Crippen MR) is 68.6 cm³/mol. The van der Waals surface area contributed by atoms with Gasteiger partial charge in [-0.25, -0.2) is 0 Å². The van der Waals surface area contributed by atoms with E-state index >= 15 is 0 Å². The van der Waals surface area contributed by atoms with Crippen LogP contribution in [0.15, 0.2) is 46.1 Å². The molecule has 0 aliphatic carbocycles. The lowest BCUT2D eigenvalue weighted by atomic mass is 10.0. The van der Waals surface area contributed by atoms with Crippen molar-refractivity contribution in [1.29, 1.82) is 0 Å². The Morgan fingerprint density at radius 1 is 1.39 bits per heavy atom. The van der Waals surface area contributed by atoms with Gasteiger partial charge in [0.05, 0.1) is 12.0 Å². The van der Waals surface area contributed by atoms with E-state index in [9.17, 15) is 5.11 Å². The van der Waals surface area contributed by atoms with Crippen molar-refractivity contribution in [2.24, 2.45) is 5.10 Å². The number of nitrogens with zero attached hydrogens (tertiary/aromatic N) is 1. The Hall–Kier alpha value is -2.23. The van der Waals surface area contributed by atoms with E-state index in [1.807, 2.05) is 31.2 Å². The maximum Gasteiger partial charge on any atom is 0.128 e. The summed E-state index contributed by atoms with van der Waals surface area (Å²) in [5.41, 5.74) is 5.79. The van der Waals surface area contributed by atoms with Crippen LogP contribution in [0, 0.1) is 6.92 Å². The molecule has 2 N–H and O–H groups in total. The molecule has 1 aliphatic heterocycles. The quantitative estimate of drug-likeness (QED) is 0.851. The van der Waals surface area contributed by atoms with Gasteiger partial charge in [0.2, 0.25) is 0 Å². The van der Waals surface area contributed by atoms with E-state index in [0.717, 1.165) is 22.6 Å². The zero-order chi connectivity index (χ0) is 12.5. The molecule has 4 heteroatoms. The highest BCUT2D eigenvalue weighted by Gasteiger charge is 2.24. The lowest BCUT2D eigenvalue weighted by Gasteiger charge is -2.06. The number of phenols is 1. The van der Waals surface area contributed by atoms with Crippen molar-refractivity contribution in [3.63, 3.8) is 0 Å². The number of rotatable bonds is 2. The fourth-order valence-electron chi connectivity index (χ4n) is 2.15. The molecule has 0 spiro atoms. The van der Waals surface area contributed by atoms with Crippen LogP contribution >= 0.6 is 0 Å². The van der Waals surface area contributed by atoms with Crippen molar-refractivity contribution in [2.45, 2.75) is 19.4 Å². The summed E-state index contributed by atoms with van der Waals surface area (Å²) in [7, 11) is 0. The van der Waals surface area contributed by atoms with Gasteiger partial charge in [0, 0.05) is 12.0 Å². The van der Waals surface area contributed by atoms with Gasteiger partial charge in [-0.3, -0.25) is 5.43 Å². The van der Waals surface area contributed by atoms with Crippen molar-refractivity contribution in [3.8, 4) is 5.75 Å². The average Bonchev–Trinajstić information content (AvgIpc) is 3.00. The van der Waals surface area contributed by atoms with Gasteiger partial charge in [0.15, 0.2) is 0 Å². The monoisotopic (exact) mass is 242 g/mol. The number of furan rings is 1. The fraction of sp³-hybridized carbons (Fsp3) is 0.214. The molecule has 1 unspecified atom stereocenters. The van der Waals surface area contributed by atoms with Crippen molar-refractivity contribution in [2.75, 3.05) is 0 Å². The summed E-state index contributed by atoms with van der Waals surface area (Å²) in [5.74, 6) is 1.13. The van der Waals surface area contributed by atoms with Crippen LogP contribution < -0.4 is 5.43 Å². The van der Waals surface area contributed by atoms with Crippen molar-refractivity contribution < 1.29 is 9.52 Å². The average molecular weight is 242 g/mol. The number of benzene rings is 1. The first-order valence-electron chi connectivity index (χ1n) is 5.89. The van der Waals surface area contributed by atoms with Crippen LogP contribution in [-0.4, -0.2) is 10.8 Å². The molecular formula is C14H14N2O2. The summed E-state index contributed by atoms with van der Waals surface area (Å²) in [4.78, 5) is 0. The third-order valence-electron chi connectivity index (χ3n) is 3.10. The van der Waals surface area contributed by atoms with E-state index < -0.39 is 0 Å². The Morgan fingerprint density at radius 2 is 2.28 bits per heavy atom. The van der Waals surface area contributed by atoms with Crippen LogP contribution in [0.5, 0.6) is 5.75 Å². The second kappa shape index (κ2) is 4.22. The molecule has 1 aliphatic rings. The third kappa shape index (κ3) is 1.86. The molecular weight excluding hydrogens is 228 g/mol. The minimum absolute atomic E-state index is 0.0508. The fourth-order valence-corrected chi connectivity index (χ4v) is 2.15. The molecule has 0 saturated carbocycles. The minimum atomic E-state index is 0.0508. The lowest BCUT2D eigenvalue weighted by Crippen LogP contribution is -2.08. The number of hydrazone groups is 1. The number of phenolic OH excluding ortho intramolecular Hbond substituents is 1. The Bertz CT molecular complexity index is 588. The van der Waals surface area contributed by atoms with Gasteiger partial charge in [0.1, 0.15) is 17.6 Å². The van der Waals surface area contributed by atoms with Gasteiger partial charge in [-0.05, 0) is 31.2 Å². The maximum absolute atomic E-state index is 9.88. The van der Waals surface area contributed by atoms with Gasteiger partial charge in [0.25, 0.3) is 0 Å². The number of nitrogens with one attached hydrogen (secondary N) is 1. The largest absolute Gasteiger partial charge is 0.507 e. The highest BCUT2D eigenvalue weighted by molar-refractivity contribution is 6.04. The Kier molecular flexibility index (Phi) is 2.55. The van der Waals surface area contributed by atoms with E-state index in [4.69, 9.17) is 4.42 Å². The summed E-state index contributed by atoms with van der Waals surface area (Å²) < 4.78 is 5.36. The molecule has 1 atom stereocenters. The highest BCUT2D eigenvalue weighted by atomic mass is 16.3. The predicted octanol–water partition coefficient (Wildman–Crippen LogP) is 2.73. The first kappa shape index (κ1) is 10.9. The molecule has 4 nitrogen and oxygen atoms in total. The van der Waals surface area contributed by atoms with Gasteiger partial charge < -0.3 is 9.52 Å². The zero-order valence-corrected chi connectivity index (χ0v) is 10.1. The van der Waals surface area contributed by atoms with Crippen LogP contribution in [0.4, 0.5) is 0 Å². The molecule has 0 saturated heterocycles. The maximum atomic E-state index is 9.88. The molecule has 0 amide bonds. The number of hydrogen-bond donors (Lipinski definition) is 2. The number of aryl methyl sites for hydroxylation is 1. The van der Waals surface area contributed by atoms with Crippen LogP contribution in [0.25, 0.3) is 0 Å². The van der Waals surface area contributed by atoms with E-state index in [-0.39, 0.29) is 11.8 Å². The highest BCUT2D eigenvalue weighted by Crippen LogP contribution is 2.28. The van der Waals surface area contributed by atoms with Crippen LogP contribution in [0.1, 0.15) is 29.3 Å². The smallest absolute Gasteiger partial charge is 0.128 e. The summed E-state index contributed by atoms with van der Waals surface area (Å²) in [6.45, 7) is 2.00. The van der Waals surface area contributed by atoms with Crippen LogP contribution in [0.2, 0.25) is 0 Å². The zero-order valence-electron chi connectivity index (χ0n) is 10.1. The Labute approximate surface area is 105 Å². The molecule has 92 valence electrons. The van der Waals surface area contributed by atoms with E-state index in [0.29, 0.717) is 6.42 Å². The van der Waals surface area contributed by atoms with Crippen molar-refractivity contribution in [1.82, 2.24) is 5.43 Å². The summed E-state index contributed by atoms with van der Waals surface area (Å²) in [6.07, 6.45) is 2.36. The number of hydrogen-bond acceptors (Lipinski definition) is 4. The molecule has 0 radical (unpaired) electrons. The molecule has 0 fully saturated rings. The second-order valence-corrected chi connectivity index (χ2v) is 4.48. The topological polar surface area (TPSA) is 57.8 Å². The first-order chi connectivity index (χ1) is 8.74. The van der Waals surface area contributed by atoms with E-state index in [1.165, 1.54) is 0 Å². The van der Waals surface area contributed by atoms with Crippen molar-refractivity contribution >= 4 is 5.71 Å². The molecule has 2 heterocycles. The van der Waals surface area contributed by atoms with Gasteiger partial charge >= 0.3 is 0 Å². The third-order valence-corrected chi connectivity index (χ3v) is 3.10. The minimum Gasteiger partial charge on any atom is -0.507 e. The Balaban J connectivity index is 1.85. The molecule has 2 aromatic rings. The summed E-state index contributed by atoms with van der Waals surface area (Å²) >= 11 is 0. The molecule has 1 aromatic heterocycles. The SMILES string of the molecule is Cc1ccc(O)c(C2=NNC(c3ccco3)C2)c1. The van der Waals surface area contributed by atoms with E-state index in [2.05, 4.69) is 10.5 Å². The number of aromatic hydroxyl groups is 1. The molecule has 0 bridgehead atoms. The summed E-state index contributed by atoms with van der Waals surface area (Å²) in [6, 6.07) is 9.36. The van der Waals surface area contributed by atoms with Crippen LogP contribution in [-0.2, 0) is 0 Å².